The summed E-state index contributed by atoms with van der Waals surface area (Å²) in [6.07, 6.45) is -0.671. The molecule has 0 aromatic carbocycles. The Hall–Kier alpha value is -1.61. The van der Waals surface area contributed by atoms with Gasteiger partial charge in [0.1, 0.15) is 12.2 Å². The van der Waals surface area contributed by atoms with E-state index in [0.29, 0.717) is 5.52 Å². The van der Waals surface area contributed by atoms with Gasteiger partial charge in [-0.1, -0.05) is 0 Å². The van der Waals surface area contributed by atoms with Crippen molar-refractivity contribution in [3.63, 3.8) is 0 Å². The van der Waals surface area contributed by atoms with Crippen molar-refractivity contribution >= 4 is 23.3 Å². The summed E-state index contributed by atoms with van der Waals surface area (Å²) in [5.41, 5.74) is 0.0907. The number of H-pyrrole nitrogens is 2. The second-order valence-corrected chi connectivity index (χ2v) is 5.31. The topological polar surface area (TPSA) is 56.8 Å². The molecular formula is C12H15F3N4OS. The van der Waals surface area contributed by atoms with Crippen molar-refractivity contribution in [1.29, 1.82) is 0 Å². The Morgan fingerprint density at radius 2 is 2.19 bits per heavy atom. The van der Waals surface area contributed by atoms with Gasteiger partial charge in [0, 0.05) is 6.20 Å². The number of aromatic amines is 2. The van der Waals surface area contributed by atoms with Crippen molar-refractivity contribution in [2.75, 3.05) is 20.8 Å². The summed E-state index contributed by atoms with van der Waals surface area (Å²) in [4.78, 5) is 17.6. The van der Waals surface area contributed by atoms with Crippen molar-refractivity contribution < 1.29 is 13.2 Å². The van der Waals surface area contributed by atoms with Crippen LogP contribution in [0.1, 0.15) is 0 Å². The molecule has 0 spiro atoms. The van der Waals surface area contributed by atoms with Crippen LogP contribution in [-0.2, 0) is 6.54 Å². The van der Waals surface area contributed by atoms with Crippen molar-refractivity contribution in [3.8, 4) is 0 Å². The smallest absolute Gasteiger partial charge is 0.276 e. The minimum atomic E-state index is -2.76. The Morgan fingerprint density at radius 3 is 2.76 bits per heavy atom. The summed E-state index contributed by atoms with van der Waals surface area (Å²) in [5, 5.41) is 0. The van der Waals surface area contributed by atoms with Crippen molar-refractivity contribution in [3.05, 3.63) is 27.4 Å². The summed E-state index contributed by atoms with van der Waals surface area (Å²) in [7, 11) is 2.51. The van der Waals surface area contributed by atoms with E-state index in [2.05, 4.69) is 9.97 Å². The third-order valence-electron chi connectivity index (χ3n) is 3.46. The molecule has 0 amide bonds. The summed E-state index contributed by atoms with van der Waals surface area (Å²) in [5.74, 6) is -2.76. The van der Waals surface area contributed by atoms with E-state index < -0.39 is 30.7 Å². The Bertz CT molecular complexity index is 753. The SMILES string of the molecule is CN(C)C(F)(CF)C(F)Cn1c(=S)[nH]c(=O)c2[nH]ccc21. The first-order valence-electron chi connectivity index (χ1n) is 6.18. The summed E-state index contributed by atoms with van der Waals surface area (Å²) in [6, 6.07) is 1.53. The molecule has 0 aliphatic rings. The first kappa shape index (κ1) is 15.8. The van der Waals surface area contributed by atoms with Crippen molar-refractivity contribution in [2.45, 2.75) is 18.5 Å². The highest BCUT2D eigenvalue weighted by Gasteiger charge is 2.43. The fourth-order valence-electron chi connectivity index (χ4n) is 2.07. The van der Waals surface area contributed by atoms with Crippen LogP contribution in [0.4, 0.5) is 13.2 Å². The molecule has 2 aromatic rings. The number of alkyl halides is 3. The van der Waals surface area contributed by atoms with Crippen LogP contribution in [0.3, 0.4) is 0 Å². The first-order chi connectivity index (χ1) is 9.81. The molecule has 2 unspecified atom stereocenters. The van der Waals surface area contributed by atoms with Gasteiger partial charge in [-0.05, 0) is 32.4 Å². The van der Waals surface area contributed by atoms with Gasteiger partial charge < -0.3 is 9.55 Å². The third kappa shape index (κ3) is 2.62. The number of nitrogens with one attached hydrogen (secondary N) is 2. The molecule has 2 N–H and O–H groups in total. The minimum Gasteiger partial charge on any atom is -0.355 e. The van der Waals surface area contributed by atoms with Gasteiger partial charge in [0.15, 0.2) is 10.9 Å². The molecule has 2 rings (SSSR count). The Kier molecular flexibility index (Phi) is 4.24. The fourth-order valence-corrected chi connectivity index (χ4v) is 2.33. The van der Waals surface area contributed by atoms with E-state index in [1.807, 2.05) is 0 Å². The van der Waals surface area contributed by atoms with E-state index in [1.165, 1.54) is 30.9 Å². The standard InChI is InChI=1S/C12H15F3N4OS/c1-18(2)12(15,6-13)8(14)5-19-7-3-4-16-9(7)10(20)17-11(19)21/h3-4,8,16H,5-6H2,1-2H3,(H,17,20,21). The second-order valence-electron chi connectivity index (χ2n) is 4.92. The molecule has 0 saturated heterocycles. The lowest BCUT2D eigenvalue weighted by molar-refractivity contribution is -0.0875. The minimum absolute atomic E-state index is 0.0466. The molecule has 0 aliphatic carbocycles. The van der Waals surface area contributed by atoms with Gasteiger partial charge in [-0.2, -0.15) is 0 Å². The lowest BCUT2D eigenvalue weighted by atomic mass is 10.1. The molecule has 0 radical (unpaired) electrons. The molecule has 0 bridgehead atoms. The van der Waals surface area contributed by atoms with Crippen LogP contribution in [0.5, 0.6) is 0 Å². The van der Waals surface area contributed by atoms with Crippen LogP contribution >= 0.6 is 12.2 Å². The predicted molar refractivity (Wildman–Crippen MR) is 76.1 cm³/mol. The molecule has 2 aromatic heterocycles. The fraction of sp³-hybridized carbons (Fsp3) is 0.500. The van der Waals surface area contributed by atoms with Gasteiger partial charge in [0.05, 0.1) is 12.1 Å². The molecule has 0 aliphatic heterocycles. The van der Waals surface area contributed by atoms with Crippen LogP contribution in [0.15, 0.2) is 17.1 Å². The number of rotatable bonds is 5. The molecular weight excluding hydrogens is 305 g/mol. The van der Waals surface area contributed by atoms with E-state index in [9.17, 15) is 18.0 Å². The highest BCUT2D eigenvalue weighted by molar-refractivity contribution is 7.71. The van der Waals surface area contributed by atoms with Gasteiger partial charge in [0.2, 0.25) is 5.79 Å². The van der Waals surface area contributed by atoms with Crippen LogP contribution in [0.25, 0.3) is 11.0 Å². The van der Waals surface area contributed by atoms with Crippen molar-refractivity contribution in [2.24, 2.45) is 0 Å². The Labute approximate surface area is 123 Å². The van der Waals surface area contributed by atoms with Crippen molar-refractivity contribution in [1.82, 2.24) is 19.4 Å². The number of aromatic nitrogens is 3. The molecule has 0 saturated carbocycles. The zero-order valence-electron chi connectivity index (χ0n) is 11.5. The maximum Gasteiger partial charge on any atom is 0.276 e. The van der Waals surface area contributed by atoms with Gasteiger partial charge in [-0.15, -0.1) is 0 Å². The first-order valence-corrected chi connectivity index (χ1v) is 6.58. The third-order valence-corrected chi connectivity index (χ3v) is 3.78. The maximum atomic E-state index is 14.3. The lowest BCUT2D eigenvalue weighted by Crippen LogP contribution is -2.51. The highest BCUT2D eigenvalue weighted by atomic mass is 32.1. The summed E-state index contributed by atoms with van der Waals surface area (Å²) < 4.78 is 42.7. The van der Waals surface area contributed by atoms with Gasteiger partial charge >= 0.3 is 0 Å². The van der Waals surface area contributed by atoms with Gasteiger partial charge in [-0.3, -0.25) is 14.7 Å². The van der Waals surface area contributed by atoms with E-state index in [0.717, 1.165) is 4.90 Å². The molecule has 5 nitrogen and oxygen atoms in total. The lowest BCUT2D eigenvalue weighted by Gasteiger charge is -2.32. The molecule has 9 heteroatoms. The van der Waals surface area contributed by atoms with Crippen LogP contribution in [-0.4, -0.2) is 52.2 Å². The van der Waals surface area contributed by atoms with Crippen LogP contribution < -0.4 is 5.56 Å². The molecule has 116 valence electrons. The van der Waals surface area contributed by atoms with E-state index in [4.69, 9.17) is 12.2 Å². The average Bonchev–Trinajstić information content (AvgIpc) is 2.91. The van der Waals surface area contributed by atoms with Crippen LogP contribution in [0.2, 0.25) is 0 Å². The molecule has 2 atom stereocenters. The summed E-state index contributed by atoms with van der Waals surface area (Å²) in [6.45, 7) is -2.00. The quantitative estimate of drug-likeness (QED) is 0.654. The second kappa shape index (κ2) is 5.64. The number of fused-ring (bicyclic) bond motifs is 1. The zero-order valence-corrected chi connectivity index (χ0v) is 12.3. The summed E-state index contributed by atoms with van der Waals surface area (Å²) >= 11 is 4.97. The number of hydrogen-bond acceptors (Lipinski definition) is 3. The predicted octanol–water partition coefficient (Wildman–Crippen LogP) is 1.92. The van der Waals surface area contributed by atoms with E-state index in [-0.39, 0.29) is 10.3 Å². The molecule has 2 heterocycles. The Balaban J connectivity index is 2.47. The number of hydrogen-bond donors (Lipinski definition) is 2. The zero-order chi connectivity index (χ0) is 15.8. The average molecular weight is 320 g/mol. The van der Waals surface area contributed by atoms with Gasteiger partial charge in [-0.25, -0.2) is 13.2 Å². The largest absolute Gasteiger partial charge is 0.355 e. The molecule has 0 fully saturated rings. The number of halogens is 3. The maximum absolute atomic E-state index is 14.3. The monoisotopic (exact) mass is 320 g/mol. The van der Waals surface area contributed by atoms with Gasteiger partial charge in [0.25, 0.3) is 5.56 Å². The van der Waals surface area contributed by atoms with Crippen LogP contribution in [0, 0.1) is 4.77 Å². The van der Waals surface area contributed by atoms with E-state index >= 15 is 0 Å². The number of nitrogens with zero attached hydrogens (tertiary/aromatic N) is 2. The highest BCUT2D eigenvalue weighted by Crippen LogP contribution is 2.25. The van der Waals surface area contributed by atoms with E-state index in [1.54, 1.807) is 0 Å². The Morgan fingerprint density at radius 1 is 1.52 bits per heavy atom. The molecule has 21 heavy (non-hydrogen) atoms. The normalized spacial score (nSPS) is 16.3.